The van der Waals surface area contributed by atoms with Gasteiger partial charge in [0.1, 0.15) is 11.3 Å². The Morgan fingerprint density at radius 1 is 1.20 bits per heavy atom. The summed E-state index contributed by atoms with van der Waals surface area (Å²) >= 11 is 1.82. The van der Waals surface area contributed by atoms with E-state index in [1.807, 2.05) is 30.0 Å². The Morgan fingerprint density at radius 3 is 2.72 bits per heavy atom. The van der Waals surface area contributed by atoms with Gasteiger partial charge in [-0.2, -0.15) is 0 Å². The second-order valence-corrected chi connectivity index (χ2v) is 7.84. The quantitative estimate of drug-likeness (QED) is 0.804. The largest absolute Gasteiger partial charge is 0.485 e. The lowest BCUT2D eigenvalue weighted by Gasteiger charge is -2.32. The van der Waals surface area contributed by atoms with Crippen molar-refractivity contribution in [3.05, 3.63) is 59.2 Å². The molecule has 0 fully saturated rings. The van der Waals surface area contributed by atoms with Crippen LogP contribution in [-0.2, 0) is 5.41 Å². The van der Waals surface area contributed by atoms with E-state index < -0.39 is 5.97 Å². The molecule has 0 atom stereocenters. The smallest absolute Gasteiger partial charge is 0.339 e. The molecule has 0 saturated heterocycles. The predicted octanol–water partition coefficient (Wildman–Crippen LogP) is 4.42. The van der Waals surface area contributed by atoms with E-state index in [1.54, 1.807) is 18.2 Å². The summed E-state index contributed by atoms with van der Waals surface area (Å²) in [6, 6.07) is 12.1. The summed E-state index contributed by atoms with van der Waals surface area (Å²) in [5, 5.41) is 9.17. The summed E-state index contributed by atoms with van der Waals surface area (Å²) in [6.45, 7) is 4.20. The molecule has 0 aromatic heterocycles. The molecule has 0 spiro atoms. The van der Waals surface area contributed by atoms with Gasteiger partial charge in [0.05, 0.1) is 0 Å². The van der Waals surface area contributed by atoms with Gasteiger partial charge < -0.3 is 9.84 Å². The number of Topliss-reactive ketones (excluding diaryl/α,β-unsaturated/α-hetero) is 1. The van der Waals surface area contributed by atoms with E-state index in [2.05, 4.69) is 13.8 Å². The third-order valence-electron chi connectivity index (χ3n) is 4.49. The lowest BCUT2D eigenvalue weighted by atomic mass is 9.81. The molecular weight excluding hydrogens is 336 g/mol. The minimum atomic E-state index is -1.07. The summed E-state index contributed by atoms with van der Waals surface area (Å²) < 4.78 is 5.48. The van der Waals surface area contributed by atoms with E-state index in [0.717, 1.165) is 12.2 Å². The molecule has 2 aromatic rings. The Kier molecular flexibility index (Phi) is 4.86. The normalized spacial score (nSPS) is 15.3. The van der Waals surface area contributed by atoms with E-state index in [9.17, 15) is 14.7 Å². The van der Waals surface area contributed by atoms with Crippen LogP contribution in [0.3, 0.4) is 0 Å². The number of thioether (sulfide) groups is 1. The first-order valence-electron chi connectivity index (χ1n) is 8.14. The van der Waals surface area contributed by atoms with Gasteiger partial charge in [0, 0.05) is 10.5 Å². The molecule has 25 heavy (non-hydrogen) atoms. The summed E-state index contributed by atoms with van der Waals surface area (Å²) in [4.78, 5) is 24.9. The Hall–Kier alpha value is -2.27. The fourth-order valence-corrected chi connectivity index (χ4v) is 4.39. The van der Waals surface area contributed by atoms with E-state index in [4.69, 9.17) is 4.74 Å². The first kappa shape index (κ1) is 17.5. The lowest BCUT2D eigenvalue weighted by molar-refractivity contribution is 0.0689. The van der Waals surface area contributed by atoms with Crippen molar-refractivity contribution < 1.29 is 19.4 Å². The zero-order valence-electron chi connectivity index (χ0n) is 14.2. The summed E-state index contributed by atoms with van der Waals surface area (Å²) in [5.74, 6) is 0.0599. The number of aromatic carboxylic acids is 1. The van der Waals surface area contributed by atoms with Crippen molar-refractivity contribution >= 4 is 23.5 Å². The lowest BCUT2D eigenvalue weighted by Crippen LogP contribution is -2.23. The second kappa shape index (κ2) is 6.92. The number of rotatable bonds is 5. The topological polar surface area (TPSA) is 63.6 Å². The molecule has 0 aliphatic carbocycles. The van der Waals surface area contributed by atoms with Crippen LogP contribution < -0.4 is 4.74 Å². The standard InChI is InChI=1S/C20H20O4S/c1-20(2)9-10-25-18-8-7-13(11-15(18)20)16(21)12-24-17-6-4-3-5-14(17)19(22)23/h3-8,11H,9-10,12H2,1-2H3,(H,22,23). The minimum absolute atomic E-state index is 0.0492. The van der Waals surface area contributed by atoms with Gasteiger partial charge >= 0.3 is 5.97 Å². The van der Waals surface area contributed by atoms with E-state index in [1.165, 1.54) is 16.5 Å². The Labute approximate surface area is 151 Å². The van der Waals surface area contributed by atoms with Gasteiger partial charge in [0.15, 0.2) is 12.4 Å². The van der Waals surface area contributed by atoms with Gasteiger partial charge in [0.25, 0.3) is 0 Å². The Bertz CT molecular complexity index is 826. The fraction of sp³-hybridized carbons (Fsp3) is 0.300. The number of carbonyl (C=O) groups is 2. The molecule has 4 nitrogen and oxygen atoms in total. The van der Waals surface area contributed by atoms with Gasteiger partial charge in [-0.3, -0.25) is 4.79 Å². The molecule has 1 N–H and O–H groups in total. The van der Waals surface area contributed by atoms with Crippen LogP contribution in [0.4, 0.5) is 0 Å². The molecule has 1 aliphatic heterocycles. The van der Waals surface area contributed by atoms with Crippen molar-refractivity contribution in [3.63, 3.8) is 0 Å². The number of carboxylic acid groups (broad SMARTS) is 1. The molecule has 5 heteroatoms. The Balaban J connectivity index is 1.78. The zero-order chi connectivity index (χ0) is 18.0. The van der Waals surface area contributed by atoms with Gasteiger partial charge in [-0.25, -0.2) is 4.79 Å². The van der Waals surface area contributed by atoms with Gasteiger partial charge in [-0.05, 0) is 47.4 Å². The van der Waals surface area contributed by atoms with Crippen molar-refractivity contribution in [2.45, 2.75) is 30.6 Å². The molecule has 0 radical (unpaired) electrons. The van der Waals surface area contributed by atoms with Gasteiger partial charge in [0.2, 0.25) is 0 Å². The maximum atomic E-state index is 12.5. The molecule has 2 aromatic carbocycles. The van der Waals surface area contributed by atoms with Crippen LogP contribution in [0.15, 0.2) is 47.4 Å². The van der Waals surface area contributed by atoms with Gasteiger partial charge in [-0.1, -0.05) is 32.0 Å². The molecule has 0 unspecified atom stereocenters. The number of ketones is 1. The van der Waals surface area contributed by atoms with Crippen molar-refractivity contribution in [2.24, 2.45) is 0 Å². The molecular formula is C20H20O4S. The van der Waals surface area contributed by atoms with E-state index >= 15 is 0 Å². The van der Waals surface area contributed by atoms with Crippen molar-refractivity contribution in [1.82, 2.24) is 0 Å². The minimum Gasteiger partial charge on any atom is -0.485 e. The molecule has 1 aliphatic rings. The van der Waals surface area contributed by atoms with Crippen LogP contribution in [0, 0.1) is 0 Å². The number of benzene rings is 2. The number of ether oxygens (including phenoxy) is 1. The van der Waals surface area contributed by atoms with Crippen LogP contribution in [0.1, 0.15) is 46.5 Å². The highest BCUT2D eigenvalue weighted by atomic mass is 32.2. The Morgan fingerprint density at radius 2 is 1.96 bits per heavy atom. The van der Waals surface area contributed by atoms with Crippen LogP contribution in [0.5, 0.6) is 5.75 Å². The van der Waals surface area contributed by atoms with Gasteiger partial charge in [-0.15, -0.1) is 11.8 Å². The predicted molar refractivity (Wildman–Crippen MR) is 98.0 cm³/mol. The molecule has 0 bridgehead atoms. The number of hydrogen-bond donors (Lipinski definition) is 1. The van der Waals surface area contributed by atoms with E-state index in [-0.39, 0.29) is 29.1 Å². The molecule has 0 amide bonds. The molecule has 1 heterocycles. The monoisotopic (exact) mass is 356 g/mol. The average Bonchev–Trinajstić information content (AvgIpc) is 2.59. The molecule has 3 rings (SSSR count). The third kappa shape index (κ3) is 3.71. The van der Waals surface area contributed by atoms with Crippen LogP contribution in [0.25, 0.3) is 0 Å². The highest BCUT2D eigenvalue weighted by Crippen LogP contribution is 2.41. The molecule has 130 valence electrons. The highest BCUT2D eigenvalue weighted by molar-refractivity contribution is 7.99. The third-order valence-corrected chi connectivity index (χ3v) is 5.57. The SMILES string of the molecule is CC1(C)CCSc2ccc(C(=O)COc3ccccc3C(=O)O)cc21. The second-order valence-electron chi connectivity index (χ2n) is 6.71. The number of fused-ring (bicyclic) bond motifs is 1. The number of carboxylic acids is 1. The number of carbonyl (C=O) groups excluding carboxylic acids is 1. The van der Waals surface area contributed by atoms with Crippen molar-refractivity contribution in [2.75, 3.05) is 12.4 Å². The summed E-state index contributed by atoms with van der Waals surface area (Å²) in [6.07, 6.45) is 1.07. The first-order chi connectivity index (χ1) is 11.9. The van der Waals surface area contributed by atoms with Crippen LogP contribution in [-0.4, -0.2) is 29.2 Å². The van der Waals surface area contributed by atoms with E-state index in [0.29, 0.717) is 5.56 Å². The first-order valence-corrected chi connectivity index (χ1v) is 9.13. The molecule has 0 saturated carbocycles. The van der Waals surface area contributed by atoms with Crippen LogP contribution >= 0.6 is 11.8 Å². The van der Waals surface area contributed by atoms with Crippen molar-refractivity contribution in [3.8, 4) is 5.75 Å². The fourth-order valence-electron chi connectivity index (χ4n) is 2.90. The maximum Gasteiger partial charge on any atom is 0.339 e. The maximum absolute atomic E-state index is 12.5. The summed E-state index contributed by atoms with van der Waals surface area (Å²) in [7, 11) is 0. The van der Waals surface area contributed by atoms with Crippen molar-refractivity contribution in [1.29, 1.82) is 0 Å². The number of hydrogen-bond acceptors (Lipinski definition) is 4. The number of para-hydroxylation sites is 1. The highest BCUT2D eigenvalue weighted by Gasteiger charge is 2.28. The average molecular weight is 356 g/mol. The van der Waals surface area contributed by atoms with Crippen LogP contribution in [0.2, 0.25) is 0 Å². The zero-order valence-corrected chi connectivity index (χ0v) is 15.1. The summed E-state index contributed by atoms with van der Waals surface area (Å²) in [5.41, 5.74) is 1.90.